The van der Waals surface area contributed by atoms with Crippen molar-refractivity contribution in [3.05, 3.63) is 65.8 Å². The molecule has 4 aromatic rings. The van der Waals surface area contributed by atoms with E-state index < -0.39 is 0 Å². The highest BCUT2D eigenvalue weighted by Crippen LogP contribution is 2.33. The Kier molecular flexibility index (Phi) is 5.78. The number of thiophene rings is 1. The molecule has 0 saturated carbocycles. The van der Waals surface area contributed by atoms with Crippen LogP contribution in [-0.4, -0.2) is 59.2 Å². The van der Waals surface area contributed by atoms with Crippen molar-refractivity contribution in [1.29, 1.82) is 0 Å². The van der Waals surface area contributed by atoms with E-state index in [1.165, 1.54) is 4.88 Å². The van der Waals surface area contributed by atoms with Gasteiger partial charge in [0.25, 0.3) is 0 Å². The number of para-hydroxylation sites is 1. The molecule has 0 N–H and O–H groups in total. The molecular formula is C24H25N5OS. The van der Waals surface area contributed by atoms with Crippen LogP contribution in [-0.2, 0) is 0 Å². The summed E-state index contributed by atoms with van der Waals surface area (Å²) in [5, 5.41) is 1.15. The van der Waals surface area contributed by atoms with Crippen molar-refractivity contribution in [3.8, 4) is 17.1 Å². The molecule has 0 radical (unpaired) electrons. The van der Waals surface area contributed by atoms with E-state index in [1.54, 1.807) is 17.5 Å². The van der Waals surface area contributed by atoms with Gasteiger partial charge in [0.05, 0.1) is 5.39 Å². The third-order valence-corrected chi connectivity index (χ3v) is 6.45. The Bertz CT molecular complexity index is 1140. The summed E-state index contributed by atoms with van der Waals surface area (Å²) in [5.74, 6) is 2.71. The normalized spacial score (nSPS) is 14.8. The summed E-state index contributed by atoms with van der Waals surface area (Å²) in [4.78, 5) is 21.2. The molecular weight excluding hydrogens is 406 g/mol. The quantitative estimate of drug-likeness (QED) is 0.455. The monoisotopic (exact) mass is 431 g/mol. The van der Waals surface area contributed by atoms with Gasteiger partial charge >= 0.3 is 0 Å². The second-order valence-corrected chi connectivity index (χ2v) is 8.91. The summed E-state index contributed by atoms with van der Waals surface area (Å²) < 4.78 is 5.86. The predicted octanol–water partition coefficient (Wildman–Crippen LogP) is 4.26. The van der Waals surface area contributed by atoms with E-state index in [4.69, 9.17) is 14.7 Å². The van der Waals surface area contributed by atoms with Gasteiger partial charge in [0.15, 0.2) is 5.82 Å². The molecule has 1 saturated heterocycles. The van der Waals surface area contributed by atoms with E-state index in [9.17, 15) is 0 Å². The lowest BCUT2D eigenvalue weighted by Gasteiger charge is -2.35. The Morgan fingerprint density at radius 3 is 2.61 bits per heavy atom. The van der Waals surface area contributed by atoms with Crippen molar-refractivity contribution >= 4 is 27.4 Å². The maximum Gasteiger partial charge on any atom is 0.164 e. The first kappa shape index (κ1) is 19.9. The fourth-order valence-corrected chi connectivity index (χ4v) is 4.76. The maximum atomic E-state index is 5.86. The molecule has 5 rings (SSSR count). The summed E-state index contributed by atoms with van der Waals surface area (Å²) in [6, 6.07) is 16.2. The molecule has 31 heavy (non-hydrogen) atoms. The molecule has 0 atom stereocenters. The van der Waals surface area contributed by atoms with Crippen LogP contribution in [0.3, 0.4) is 0 Å². The van der Waals surface area contributed by atoms with Gasteiger partial charge in [-0.2, -0.15) is 0 Å². The van der Waals surface area contributed by atoms with Crippen LogP contribution in [0.2, 0.25) is 0 Å². The Morgan fingerprint density at radius 1 is 1.00 bits per heavy atom. The van der Waals surface area contributed by atoms with E-state index in [2.05, 4.69) is 27.8 Å². The van der Waals surface area contributed by atoms with Gasteiger partial charge in [0.1, 0.15) is 23.0 Å². The number of aryl methyl sites for hydroxylation is 1. The maximum absolute atomic E-state index is 5.86. The molecule has 0 bridgehead atoms. The molecule has 0 aliphatic carbocycles. The van der Waals surface area contributed by atoms with Crippen LogP contribution in [0.25, 0.3) is 21.6 Å². The van der Waals surface area contributed by atoms with Gasteiger partial charge in [0, 0.05) is 55.6 Å². The second kappa shape index (κ2) is 8.99. The predicted molar refractivity (Wildman–Crippen MR) is 126 cm³/mol. The number of anilines is 1. The van der Waals surface area contributed by atoms with Crippen LogP contribution in [0.15, 0.2) is 60.9 Å². The standard InChI is InChI=1S/C24H25N5OS/c1-18-16-21-23(26-22(27-24(21)31-18)19-6-5-9-25-17-19)29-12-10-28(11-13-29)14-15-30-20-7-3-2-4-8-20/h2-9,16-17H,10-15H2,1H3. The highest BCUT2D eigenvalue weighted by atomic mass is 32.1. The first-order chi connectivity index (χ1) is 15.3. The van der Waals surface area contributed by atoms with E-state index >= 15 is 0 Å². The minimum Gasteiger partial charge on any atom is -0.492 e. The Morgan fingerprint density at radius 2 is 1.84 bits per heavy atom. The molecule has 158 valence electrons. The van der Waals surface area contributed by atoms with Gasteiger partial charge in [-0.15, -0.1) is 11.3 Å². The molecule has 1 aliphatic heterocycles. The van der Waals surface area contributed by atoms with Crippen molar-refractivity contribution in [3.63, 3.8) is 0 Å². The lowest BCUT2D eigenvalue weighted by Crippen LogP contribution is -2.47. The molecule has 0 unspecified atom stereocenters. The average Bonchev–Trinajstić information content (AvgIpc) is 3.20. The molecule has 0 amide bonds. The molecule has 1 aromatic carbocycles. The van der Waals surface area contributed by atoms with Crippen LogP contribution in [0.1, 0.15) is 4.88 Å². The van der Waals surface area contributed by atoms with E-state index in [-0.39, 0.29) is 0 Å². The number of hydrogen-bond acceptors (Lipinski definition) is 7. The average molecular weight is 432 g/mol. The number of hydrogen-bond donors (Lipinski definition) is 0. The lowest BCUT2D eigenvalue weighted by molar-refractivity contribution is 0.200. The Balaban J connectivity index is 1.29. The number of nitrogens with zero attached hydrogens (tertiary/aromatic N) is 5. The number of pyridine rings is 1. The molecule has 0 spiro atoms. The third-order valence-electron chi connectivity index (χ3n) is 5.51. The zero-order valence-corrected chi connectivity index (χ0v) is 18.4. The molecule has 1 fully saturated rings. The highest BCUT2D eigenvalue weighted by molar-refractivity contribution is 7.18. The number of benzene rings is 1. The van der Waals surface area contributed by atoms with Crippen LogP contribution in [0.5, 0.6) is 5.75 Å². The number of piperazine rings is 1. The van der Waals surface area contributed by atoms with Gasteiger partial charge in [-0.3, -0.25) is 9.88 Å². The zero-order chi connectivity index (χ0) is 21.0. The van der Waals surface area contributed by atoms with E-state index in [1.807, 2.05) is 48.7 Å². The summed E-state index contributed by atoms with van der Waals surface area (Å²) in [5.41, 5.74) is 0.952. The van der Waals surface area contributed by atoms with Gasteiger partial charge in [-0.05, 0) is 37.3 Å². The first-order valence-electron chi connectivity index (χ1n) is 10.6. The minimum absolute atomic E-state index is 0.705. The van der Waals surface area contributed by atoms with Gasteiger partial charge in [0.2, 0.25) is 0 Å². The number of ether oxygens (including phenoxy) is 1. The highest BCUT2D eigenvalue weighted by Gasteiger charge is 2.22. The fourth-order valence-electron chi connectivity index (χ4n) is 3.88. The van der Waals surface area contributed by atoms with Crippen LogP contribution < -0.4 is 9.64 Å². The number of rotatable bonds is 6. The smallest absolute Gasteiger partial charge is 0.164 e. The summed E-state index contributed by atoms with van der Waals surface area (Å²) in [7, 11) is 0. The minimum atomic E-state index is 0.705. The van der Waals surface area contributed by atoms with Crippen LogP contribution in [0, 0.1) is 6.92 Å². The third kappa shape index (κ3) is 4.52. The largest absolute Gasteiger partial charge is 0.492 e. The van der Waals surface area contributed by atoms with Crippen LogP contribution in [0.4, 0.5) is 5.82 Å². The van der Waals surface area contributed by atoms with Crippen molar-refractivity contribution in [2.45, 2.75) is 6.92 Å². The summed E-state index contributed by atoms with van der Waals surface area (Å²) >= 11 is 1.72. The Hall–Kier alpha value is -3.03. The number of aromatic nitrogens is 3. The molecule has 1 aliphatic rings. The topological polar surface area (TPSA) is 54.4 Å². The Labute approximate surface area is 186 Å². The van der Waals surface area contributed by atoms with Gasteiger partial charge in [-0.25, -0.2) is 9.97 Å². The molecule has 3 aromatic heterocycles. The van der Waals surface area contributed by atoms with Crippen molar-refractivity contribution in [1.82, 2.24) is 19.9 Å². The summed E-state index contributed by atoms with van der Waals surface area (Å²) in [6.07, 6.45) is 3.61. The SMILES string of the molecule is Cc1cc2c(N3CCN(CCOc4ccccc4)CC3)nc(-c3cccnc3)nc2s1. The van der Waals surface area contributed by atoms with Gasteiger partial charge < -0.3 is 9.64 Å². The molecule has 6 nitrogen and oxygen atoms in total. The van der Waals surface area contributed by atoms with Gasteiger partial charge in [-0.1, -0.05) is 18.2 Å². The van der Waals surface area contributed by atoms with Crippen molar-refractivity contribution in [2.75, 3.05) is 44.2 Å². The lowest BCUT2D eigenvalue weighted by atomic mass is 10.2. The second-order valence-electron chi connectivity index (χ2n) is 7.68. The number of fused-ring (bicyclic) bond motifs is 1. The summed E-state index contributed by atoms with van der Waals surface area (Å²) in [6.45, 7) is 7.64. The molecule has 7 heteroatoms. The first-order valence-corrected chi connectivity index (χ1v) is 11.4. The fraction of sp³-hybridized carbons (Fsp3) is 0.292. The van der Waals surface area contributed by atoms with E-state index in [0.29, 0.717) is 6.61 Å². The molecule has 4 heterocycles. The van der Waals surface area contributed by atoms with Crippen molar-refractivity contribution < 1.29 is 4.74 Å². The van der Waals surface area contributed by atoms with Crippen LogP contribution >= 0.6 is 11.3 Å². The van der Waals surface area contributed by atoms with E-state index in [0.717, 1.165) is 65.9 Å². The van der Waals surface area contributed by atoms with Crippen molar-refractivity contribution in [2.24, 2.45) is 0 Å². The zero-order valence-electron chi connectivity index (χ0n) is 17.6.